The molecule has 2 aromatic carbocycles. The molecule has 0 aliphatic heterocycles. The van der Waals surface area contributed by atoms with Gasteiger partial charge in [-0.15, -0.1) is 24.0 Å². The van der Waals surface area contributed by atoms with Gasteiger partial charge in [0.15, 0.2) is 17.5 Å². The van der Waals surface area contributed by atoms with Crippen LogP contribution in [0.5, 0.6) is 11.5 Å². The van der Waals surface area contributed by atoms with Gasteiger partial charge in [0.25, 0.3) is 0 Å². The van der Waals surface area contributed by atoms with Gasteiger partial charge in [0.1, 0.15) is 0 Å². The number of nitrogens with one attached hydrogen (secondary N) is 2. The first-order valence-corrected chi connectivity index (χ1v) is 8.93. The van der Waals surface area contributed by atoms with E-state index in [1.54, 1.807) is 28.4 Å². The predicted molar refractivity (Wildman–Crippen MR) is 124 cm³/mol. The van der Waals surface area contributed by atoms with E-state index in [0.717, 1.165) is 30.4 Å². The Labute approximate surface area is 184 Å². The van der Waals surface area contributed by atoms with Gasteiger partial charge < -0.3 is 24.8 Å². The maximum Gasteiger partial charge on any atom is 0.191 e. The maximum atomic E-state index is 5.35. The first-order valence-electron chi connectivity index (χ1n) is 8.93. The van der Waals surface area contributed by atoms with Crippen LogP contribution in [-0.2, 0) is 24.3 Å². The van der Waals surface area contributed by atoms with Gasteiger partial charge in [0.2, 0.25) is 0 Å². The highest BCUT2D eigenvalue weighted by Gasteiger charge is 2.06. The third-order valence-electron chi connectivity index (χ3n) is 4.24. The molecule has 6 nitrogen and oxygen atoms in total. The number of guanidine groups is 1. The summed E-state index contributed by atoms with van der Waals surface area (Å²) in [6.07, 6.45) is 0.849. The standard InChI is InChI=1S/C21H29N3O3.HI/c1-22-21(24-14-17-7-5-6-8-18(17)15-25-2)23-12-11-16-9-10-19(26-3)20(13-16)27-4;/h5-10,13H,11-12,14-15H2,1-4H3,(H2,22,23,24);1H. The van der Waals surface area contributed by atoms with E-state index >= 15 is 0 Å². The molecule has 0 radical (unpaired) electrons. The second-order valence-corrected chi connectivity index (χ2v) is 5.99. The Morgan fingerprint density at radius 1 is 0.929 bits per heavy atom. The Morgan fingerprint density at radius 2 is 1.64 bits per heavy atom. The summed E-state index contributed by atoms with van der Waals surface area (Å²) in [6.45, 7) is 2.05. The van der Waals surface area contributed by atoms with Crippen LogP contribution < -0.4 is 20.1 Å². The molecule has 2 rings (SSSR count). The van der Waals surface area contributed by atoms with Crippen LogP contribution in [0, 0.1) is 0 Å². The molecule has 0 aliphatic carbocycles. The van der Waals surface area contributed by atoms with Crippen molar-refractivity contribution in [3.63, 3.8) is 0 Å². The largest absolute Gasteiger partial charge is 0.493 e. The van der Waals surface area contributed by atoms with Crippen LogP contribution in [0.1, 0.15) is 16.7 Å². The van der Waals surface area contributed by atoms with Crippen molar-refractivity contribution < 1.29 is 14.2 Å². The van der Waals surface area contributed by atoms with Crippen molar-refractivity contribution in [1.82, 2.24) is 10.6 Å². The summed E-state index contributed by atoms with van der Waals surface area (Å²) in [5.41, 5.74) is 3.54. The third kappa shape index (κ3) is 7.20. The minimum absolute atomic E-state index is 0. The molecule has 0 fully saturated rings. The van der Waals surface area contributed by atoms with E-state index in [4.69, 9.17) is 14.2 Å². The van der Waals surface area contributed by atoms with Crippen molar-refractivity contribution in [2.24, 2.45) is 4.99 Å². The van der Waals surface area contributed by atoms with Gasteiger partial charge in [-0.25, -0.2) is 0 Å². The van der Waals surface area contributed by atoms with Crippen LogP contribution in [0.4, 0.5) is 0 Å². The fourth-order valence-corrected chi connectivity index (χ4v) is 2.79. The Hall–Kier alpha value is -2.00. The second-order valence-electron chi connectivity index (χ2n) is 5.99. The van der Waals surface area contributed by atoms with Gasteiger partial charge in [0, 0.05) is 27.2 Å². The van der Waals surface area contributed by atoms with Gasteiger partial charge in [-0.2, -0.15) is 0 Å². The van der Waals surface area contributed by atoms with Gasteiger partial charge in [-0.05, 0) is 35.2 Å². The molecule has 0 unspecified atom stereocenters. The molecule has 0 saturated carbocycles. The van der Waals surface area contributed by atoms with E-state index < -0.39 is 0 Å². The van der Waals surface area contributed by atoms with Gasteiger partial charge in [-0.1, -0.05) is 30.3 Å². The molecule has 0 bridgehead atoms. The number of halogens is 1. The lowest BCUT2D eigenvalue weighted by atomic mass is 10.1. The summed E-state index contributed by atoms with van der Waals surface area (Å²) in [5, 5.41) is 6.69. The Bertz CT molecular complexity index is 753. The summed E-state index contributed by atoms with van der Waals surface area (Å²) in [6, 6.07) is 14.2. The third-order valence-corrected chi connectivity index (χ3v) is 4.24. The fourth-order valence-electron chi connectivity index (χ4n) is 2.79. The van der Waals surface area contributed by atoms with Crippen LogP contribution in [0.3, 0.4) is 0 Å². The molecule has 0 amide bonds. The molecule has 0 spiro atoms. The molecular formula is C21H30IN3O3. The lowest BCUT2D eigenvalue weighted by Crippen LogP contribution is -2.38. The summed E-state index contributed by atoms with van der Waals surface area (Å²) in [5.74, 6) is 2.25. The van der Waals surface area contributed by atoms with Crippen LogP contribution in [-0.4, -0.2) is 40.9 Å². The zero-order chi connectivity index (χ0) is 19.5. The quantitative estimate of drug-likeness (QED) is 0.315. The minimum atomic E-state index is 0. The van der Waals surface area contributed by atoms with E-state index in [9.17, 15) is 0 Å². The van der Waals surface area contributed by atoms with Crippen LogP contribution in [0.15, 0.2) is 47.5 Å². The average Bonchev–Trinajstić information content (AvgIpc) is 2.71. The molecule has 7 heteroatoms. The monoisotopic (exact) mass is 499 g/mol. The number of ether oxygens (including phenoxy) is 3. The second kappa shape index (κ2) is 13.2. The lowest BCUT2D eigenvalue weighted by molar-refractivity contribution is 0.184. The van der Waals surface area contributed by atoms with Crippen molar-refractivity contribution >= 4 is 29.9 Å². The number of rotatable bonds is 9. The topological polar surface area (TPSA) is 64.1 Å². The molecule has 0 heterocycles. The molecule has 0 aromatic heterocycles. The van der Waals surface area contributed by atoms with Gasteiger partial charge >= 0.3 is 0 Å². The van der Waals surface area contributed by atoms with Crippen molar-refractivity contribution in [2.75, 3.05) is 34.9 Å². The molecular weight excluding hydrogens is 469 g/mol. The molecule has 2 N–H and O–H groups in total. The fraction of sp³-hybridized carbons (Fsp3) is 0.381. The van der Waals surface area contributed by atoms with Crippen LogP contribution >= 0.6 is 24.0 Å². The minimum Gasteiger partial charge on any atom is -0.493 e. The molecule has 0 saturated heterocycles. The summed E-state index contributed by atoms with van der Waals surface area (Å²) >= 11 is 0. The number of aliphatic imine (C=N–C) groups is 1. The number of hydrogen-bond donors (Lipinski definition) is 2. The number of hydrogen-bond acceptors (Lipinski definition) is 4. The number of benzene rings is 2. The van der Waals surface area contributed by atoms with E-state index in [-0.39, 0.29) is 24.0 Å². The maximum absolute atomic E-state index is 5.35. The Morgan fingerprint density at radius 3 is 2.29 bits per heavy atom. The van der Waals surface area contributed by atoms with Crippen LogP contribution in [0.25, 0.3) is 0 Å². The molecule has 2 aromatic rings. The number of nitrogens with zero attached hydrogens (tertiary/aromatic N) is 1. The normalized spacial score (nSPS) is 10.8. The van der Waals surface area contributed by atoms with Gasteiger partial charge in [0.05, 0.1) is 20.8 Å². The number of methoxy groups -OCH3 is 3. The van der Waals surface area contributed by atoms with E-state index in [2.05, 4.69) is 27.8 Å². The van der Waals surface area contributed by atoms with E-state index in [1.807, 2.05) is 30.3 Å². The van der Waals surface area contributed by atoms with Crippen LogP contribution in [0.2, 0.25) is 0 Å². The molecule has 0 aliphatic rings. The highest BCUT2D eigenvalue weighted by atomic mass is 127. The summed E-state index contributed by atoms with van der Waals surface area (Å²) in [4.78, 5) is 4.29. The Kier molecular flexibility index (Phi) is 11.4. The smallest absolute Gasteiger partial charge is 0.191 e. The van der Waals surface area contributed by atoms with Crippen molar-refractivity contribution in [3.05, 3.63) is 59.2 Å². The lowest BCUT2D eigenvalue weighted by Gasteiger charge is -2.14. The predicted octanol–water partition coefficient (Wildman–Crippen LogP) is 3.38. The Balaban J connectivity index is 0.00000392. The highest BCUT2D eigenvalue weighted by Crippen LogP contribution is 2.27. The molecule has 0 atom stereocenters. The van der Waals surface area contributed by atoms with Crippen molar-refractivity contribution in [3.8, 4) is 11.5 Å². The van der Waals surface area contributed by atoms with E-state index in [1.165, 1.54) is 16.7 Å². The first-order chi connectivity index (χ1) is 13.2. The SMILES string of the molecule is CN=C(NCCc1ccc(OC)c(OC)c1)NCc1ccccc1COC.I. The molecule has 28 heavy (non-hydrogen) atoms. The van der Waals surface area contributed by atoms with Gasteiger partial charge in [-0.3, -0.25) is 4.99 Å². The highest BCUT2D eigenvalue weighted by molar-refractivity contribution is 14.0. The van der Waals surface area contributed by atoms with Crippen molar-refractivity contribution in [2.45, 2.75) is 19.6 Å². The molecule has 154 valence electrons. The summed E-state index contributed by atoms with van der Waals surface area (Å²) in [7, 11) is 6.76. The summed E-state index contributed by atoms with van der Waals surface area (Å²) < 4.78 is 15.9. The first kappa shape index (κ1) is 24.0. The average molecular weight is 499 g/mol. The zero-order valence-electron chi connectivity index (χ0n) is 17.0. The van der Waals surface area contributed by atoms with Crippen molar-refractivity contribution in [1.29, 1.82) is 0 Å². The van der Waals surface area contributed by atoms with E-state index in [0.29, 0.717) is 13.2 Å². The zero-order valence-corrected chi connectivity index (χ0v) is 19.3.